The second kappa shape index (κ2) is 11.1. The summed E-state index contributed by atoms with van der Waals surface area (Å²) in [5, 5.41) is 4.69. The molecule has 0 aromatic carbocycles. The van der Waals surface area contributed by atoms with E-state index in [1.54, 1.807) is 38.1 Å². The third-order valence-electron chi connectivity index (χ3n) is 6.36. The molecule has 11 nitrogen and oxygen atoms in total. The highest BCUT2D eigenvalue weighted by Crippen LogP contribution is 2.33. The summed E-state index contributed by atoms with van der Waals surface area (Å²) in [6.45, 7) is 16.1. The van der Waals surface area contributed by atoms with Crippen molar-refractivity contribution in [2.24, 2.45) is 0 Å². The van der Waals surface area contributed by atoms with Crippen LogP contribution in [0.2, 0.25) is 39.3 Å². The first kappa shape index (κ1) is 29.4. The van der Waals surface area contributed by atoms with Gasteiger partial charge in [-0.05, 0) is 38.1 Å². The Bertz CT molecular complexity index is 1250. The molecule has 2 aromatic rings. The SMILES string of the molecule is CC(OC(=O)OC(C)C1=C([Si](C)(C)C)NNN1c1cccnc1F)C1=C([Si](C)(C)C)NNN1c1cccnc1F. The van der Waals surface area contributed by atoms with Gasteiger partial charge >= 0.3 is 6.16 Å². The van der Waals surface area contributed by atoms with Gasteiger partial charge in [-0.1, -0.05) is 39.3 Å². The number of hydrazine groups is 4. The average molecular weight is 591 g/mol. The highest BCUT2D eigenvalue weighted by Gasteiger charge is 2.40. The number of anilines is 2. The van der Waals surface area contributed by atoms with Crippen LogP contribution in [0, 0.1) is 11.9 Å². The summed E-state index contributed by atoms with van der Waals surface area (Å²) in [4.78, 5) is 20.6. The van der Waals surface area contributed by atoms with Crippen molar-refractivity contribution in [1.82, 2.24) is 31.9 Å². The fourth-order valence-electron chi connectivity index (χ4n) is 4.51. The molecule has 0 saturated heterocycles. The van der Waals surface area contributed by atoms with Gasteiger partial charge < -0.3 is 20.3 Å². The van der Waals surface area contributed by atoms with E-state index in [-0.39, 0.29) is 11.4 Å². The van der Waals surface area contributed by atoms with Gasteiger partial charge in [-0.15, -0.1) is 11.1 Å². The average Bonchev–Trinajstić information content (AvgIpc) is 3.50. The van der Waals surface area contributed by atoms with E-state index in [0.717, 1.165) is 10.6 Å². The lowest BCUT2D eigenvalue weighted by molar-refractivity contribution is 0.0233. The van der Waals surface area contributed by atoms with E-state index in [1.807, 2.05) is 0 Å². The van der Waals surface area contributed by atoms with Crippen molar-refractivity contribution in [2.45, 2.75) is 65.3 Å². The Hall–Kier alpha value is -3.54. The van der Waals surface area contributed by atoms with Crippen molar-refractivity contribution in [2.75, 3.05) is 10.0 Å². The Morgan fingerprint density at radius 1 is 0.775 bits per heavy atom. The minimum absolute atomic E-state index is 0.178. The first-order valence-corrected chi connectivity index (χ1v) is 19.9. The van der Waals surface area contributed by atoms with Crippen LogP contribution in [-0.4, -0.2) is 44.5 Å². The number of nitrogens with zero attached hydrogens (tertiary/aromatic N) is 4. The molecule has 0 radical (unpaired) electrons. The number of rotatable bonds is 8. The molecule has 2 aromatic heterocycles. The lowest BCUT2D eigenvalue weighted by atomic mass is 10.2. The number of hydrogen-bond acceptors (Lipinski definition) is 11. The second-order valence-corrected chi connectivity index (χ2v) is 21.6. The molecule has 0 aliphatic carbocycles. The zero-order chi connectivity index (χ0) is 29.4. The third kappa shape index (κ3) is 5.96. The fourth-order valence-corrected chi connectivity index (χ4v) is 7.53. The number of hydrogen-bond donors (Lipinski definition) is 4. The normalized spacial score (nSPS) is 17.6. The first-order chi connectivity index (χ1) is 18.7. The van der Waals surface area contributed by atoms with Crippen molar-refractivity contribution >= 4 is 33.7 Å². The van der Waals surface area contributed by atoms with Crippen molar-refractivity contribution < 1.29 is 23.0 Å². The predicted molar refractivity (Wildman–Crippen MR) is 153 cm³/mol. The molecule has 0 fully saturated rings. The fraction of sp³-hybridized carbons (Fsp3) is 0.400. The quantitative estimate of drug-likeness (QED) is 0.201. The number of nitrogens with one attached hydrogen (secondary N) is 4. The van der Waals surface area contributed by atoms with Gasteiger partial charge in [-0.2, -0.15) is 8.78 Å². The Labute approximate surface area is 234 Å². The molecule has 40 heavy (non-hydrogen) atoms. The summed E-state index contributed by atoms with van der Waals surface area (Å²) in [5.41, 5.74) is 13.7. The van der Waals surface area contributed by atoms with Crippen LogP contribution in [0.15, 0.2) is 58.7 Å². The second-order valence-electron chi connectivity index (χ2n) is 11.6. The standard InChI is InChI=1S/C25H36F2N8O3Si2/c1-15(19-23(39(3,4)5)30-32-34(19)17-11-9-13-28-21(17)26)37-25(36)38-16(2)20-24(40(6,7)8)31-33-35(20)18-12-10-14-29-22(18)27/h9-16,30-33H,1-8H3. The van der Waals surface area contributed by atoms with Gasteiger partial charge in [0.25, 0.3) is 0 Å². The highest BCUT2D eigenvalue weighted by molar-refractivity contribution is 6.83. The maximum Gasteiger partial charge on any atom is 0.509 e. The van der Waals surface area contributed by atoms with Gasteiger partial charge in [-0.3, -0.25) is 10.0 Å². The largest absolute Gasteiger partial charge is 0.509 e. The van der Waals surface area contributed by atoms with Crippen LogP contribution in [0.1, 0.15) is 13.8 Å². The van der Waals surface area contributed by atoms with Gasteiger partial charge in [0.2, 0.25) is 11.9 Å². The lowest BCUT2D eigenvalue weighted by Gasteiger charge is -2.28. The van der Waals surface area contributed by atoms with Gasteiger partial charge in [0.05, 0.1) is 11.4 Å². The van der Waals surface area contributed by atoms with E-state index in [1.165, 1.54) is 22.4 Å². The van der Waals surface area contributed by atoms with Crippen LogP contribution < -0.4 is 31.9 Å². The van der Waals surface area contributed by atoms with Gasteiger partial charge in [0.1, 0.15) is 39.7 Å². The number of ether oxygens (including phenoxy) is 2. The zero-order valence-corrected chi connectivity index (χ0v) is 25.9. The molecule has 4 N–H and O–H groups in total. The summed E-state index contributed by atoms with van der Waals surface area (Å²) in [6.07, 6.45) is 0.157. The monoisotopic (exact) mass is 590 g/mol. The van der Waals surface area contributed by atoms with Gasteiger partial charge in [0, 0.05) is 23.0 Å². The van der Waals surface area contributed by atoms with E-state index < -0.39 is 46.4 Å². The predicted octanol–water partition coefficient (Wildman–Crippen LogP) is 4.22. The molecule has 15 heteroatoms. The zero-order valence-electron chi connectivity index (χ0n) is 23.9. The summed E-state index contributed by atoms with van der Waals surface area (Å²) >= 11 is 0. The molecule has 2 unspecified atom stereocenters. The van der Waals surface area contributed by atoms with Crippen LogP contribution in [0.3, 0.4) is 0 Å². The van der Waals surface area contributed by atoms with Gasteiger partial charge in [0.15, 0.2) is 0 Å². The minimum atomic E-state index is -2.01. The van der Waals surface area contributed by atoms with Gasteiger partial charge in [-0.25, -0.2) is 14.8 Å². The number of pyridine rings is 2. The van der Waals surface area contributed by atoms with Crippen LogP contribution >= 0.6 is 0 Å². The van der Waals surface area contributed by atoms with Crippen molar-refractivity contribution in [1.29, 1.82) is 0 Å². The number of carbonyl (C=O) groups is 1. The first-order valence-electron chi connectivity index (χ1n) is 12.9. The summed E-state index contributed by atoms with van der Waals surface area (Å²) < 4.78 is 40.8. The molecule has 2 aliphatic heterocycles. The molecule has 216 valence electrons. The molecule has 0 saturated carbocycles. The summed E-state index contributed by atoms with van der Waals surface area (Å²) in [5.74, 6) is -1.35. The summed E-state index contributed by atoms with van der Waals surface area (Å²) in [6, 6.07) is 6.40. The Kier molecular flexibility index (Phi) is 8.21. The van der Waals surface area contributed by atoms with Crippen molar-refractivity contribution in [3.05, 3.63) is 70.6 Å². The molecule has 4 rings (SSSR count). The highest BCUT2D eigenvalue weighted by atomic mass is 28.3. The lowest BCUT2D eigenvalue weighted by Crippen LogP contribution is -2.42. The van der Waals surface area contributed by atoms with Crippen LogP contribution in [0.5, 0.6) is 0 Å². The molecule has 4 heterocycles. The molecule has 0 amide bonds. The van der Waals surface area contributed by atoms with Crippen molar-refractivity contribution in [3.8, 4) is 0 Å². The van der Waals surface area contributed by atoms with Crippen LogP contribution in [0.25, 0.3) is 0 Å². The maximum atomic E-state index is 14.6. The molecule has 2 aliphatic rings. The molecular formula is C25H36F2N8O3Si2. The molecular weight excluding hydrogens is 554 g/mol. The minimum Gasteiger partial charge on any atom is -0.425 e. The smallest absolute Gasteiger partial charge is 0.425 e. The Morgan fingerprint density at radius 2 is 1.15 bits per heavy atom. The topological polar surface area (TPSA) is 116 Å². The molecule has 0 bridgehead atoms. The molecule has 2 atom stereocenters. The van der Waals surface area contributed by atoms with Crippen molar-refractivity contribution in [3.63, 3.8) is 0 Å². The van der Waals surface area contributed by atoms with E-state index >= 15 is 0 Å². The maximum absolute atomic E-state index is 14.6. The van der Waals surface area contributed by atoms with E-state index in [9.17, 15) is 13.6 Å². The van der Waals surface area contributed by atoms with Crippen LogP contribution in [-0.2, 0) is 9.47 Å². The Morgan fingerprint density at radius 3 is 1.48 bits per heavy atom. The van der Waals surface area contributed by atoms with E-state index in [2.05, 4.69) is 71.2 Å². The molecule has 0 spiro atoms. The van der Waals surface area contributed by atoms with E-state index in [0.29, 0.717) is 11.4 Å². The number of carbonyl (C=O) groups excluding carboxylic acids is 1. The summed E-state index contributed by atoms with van der Waals surface area (Å²) in [7, 11) is -4.01. The van der Waals surface area contributed by atoms with E-state index in [4.69, 9.17) is 9.47 Å². The number of halogens is 2. The van der Waals surface area contributed by atoms with Crippen LogP contribution in [0.4, 0.5) is 25.0 Å². The third-order valence-corrected chi connectivity index (χ3v) is 10.1. The Balaban J connectivity index is 1.59. The number of aromatic nitrogens is 2.